The van der Waals surface area contributed by atoms with Crippen molar-refractivity contribution in [3.63, 3.8) is 0 Å². The zero-order chi connectivity index (χ0) is 20.2. The summed E-state index contributed by atoms with van der Waals surface area (Å²) in [6.07, 6.45) is 1.80. The fourth-order valence-electron chi connectivity index (χ4n) is 3.94. The van der Waals surface area contributed by atoms with E-state index in [0.717, 1.165) is 37.2 Å². The maximum absolute atomic E-state index is 10.5. The Kier molecular flexibility index (Phi) is 6.23. The Balaban J connectivity index is 1.48. The van der Waals surface area contributed by atoms with E-state index in [-0.39, 0.29) is 6.61 Å². The van der Waals surface area contributed by atoms with Gasteiger partial charge in [-0.15, -0.1) is 0 Å². The molecule has 1 unspecified atom stereocenters. The molecule has 0 saturated carbocycles. The van der Waals surface area contributed by atoms with Crippen LogP contribution in [0.15, 0.2) is 48.5 Å². The third-order valence-electron chi connectivity index (χ3n) is 5.46. The van der Waals surface area contributed by atoms with Crippen LogP contribution in [0.3, 0.4) is 0 Å². The molecule has 2 heterocycles. The van der Waals surface area contributed by atoms with Crippen LogP contribution in [0.4, 0.5) is 0 Å². The van der Waals surface area contributed by atoms with Crippen LogP contribution in [0.25, 0.3) is 11.0 Å². The smallest absolute Gasteiger partial charge is 0.203 e. The van der Waals surface area contributed by atoms with Crippen LogP contribution in [0, 0.1) is 5.41 Å². The number of aliphatic hydroxyl groups excluding tert-OH is 1. The van der Waals surface area contributed by atoms with Crippen molar-refractivity contribution in [2.75, 3.05) is 26.2 Å². The van der Waals surface area contributed by atoms with E-state index in [0.29, 0.717) is 22.9 Å². The Morgan fingerprint density at radius 2 is 1.62 bits per heavy atom. The molecule has 0 radical (unpaired) electrons. The second kappa shape index (κ2) is 9.03. The van der Waals surface area contributed by atoms with E-state index in [1.165, 1.54) is 12.8 Å². The number of aromatic nitrogens is 2. The lowest BCUT2D eigenvalue weighted by molar-refractivity contribution is 0.0920. The van der Waals surface area contributed by atoms with Crippen molar-refractivity contribution in [1.29, 1.82) is 5.41 Å². The van der Waals surface area contributed by atoms with Crippen molar-refractivity contribution in [3.05, 3.63) is 59.2 Å². The Morgan fingerprint density at radius 1 is 0.966 bits per heavy atom. The van der Waals surface area contributed by atoms with E-state index in [9.17, 15) is 5.11 Å². The number of halogens is 1. The Bertz CT molecular complexity index is 1010. The van der Waals surface area contributed by atoms with Crippen molar-refractivity contribution in [2.45, 2.75) is 32.0 Å². The number of nitrogens with one attached hydrogen (secondary N) is 1. The van der Waals surface area contributed by atoms with E-state index in [4.69, 9.17) is 21.7 Å². The van der Waals surface area contributed by atoms with Crippen LogP contribution < -0.4 is 10.4 Å². The zero-order valence-corrected chi connectivity index (χ0v) is 17.2. The number of nitrogens with zero attached hydrogens (tertiary/aromatic N) is 3. The predicted molar refractivity (Wildman–Crippen MR) is 114 cm³/mol. The number of hydrogen-bond donors (Lipinski definition) is 2. The number of rotatable bonds is 8. The first kappa shape index (κ1) is 20.0. The monoisotopic (exact) mass is 414 g/mol. The molecule has 154 valence electrons. The molecule has 1 saturated heterocycles. The Labute approximate surface area is 175 Å². The van der Waals surface area contributed by atoms with Crippen molar-refractivity contribution < 1.29 is 9.84 Å². The summed E-state index contributed by atoms with van der Waals surface area (Å²) in [6.45, 7) is 4.49. The molecule has 1 aliphatic rings. The molecule has 29 heavy (non-hydrogen) atoms. The van der Waals surface area contributed by atoms with E-state index in [1.807, 2.05) is 33.4 Å². The van der Waals surface area contributed by atoms with E-state index in [1.54, 1.807) is 24.3 Å². The molecule has 6 nitrogen and oxygen atoms in total. The van der Waals surface area contributed by atoms with Gasteiger partial charge in [0.25, 0.3) is 0 Å². The largest absolute Gasteiger partial charge is 0.491 e. The number of imidazole rings is 1. The maximum atomic E-state index is 10.5. The van der Waals surface area contributed by atoms with Gasteiger partial charge >= 0.3 is 0 Å². The first-order valence-corrected chi connectivity index (χ1v) is 10.5. The fraction of sp³-hybridized carbons (Fsp3) is 0.409. The van der Waals surface area contributed by atoms with Crippen LogP contribution in [-0.2, 0) is 13.1 Å². The third kappa shape index (κ3) is 4.66. The summed E-state index contributed by atoms with van der Waals surface area (Å²) < 4.78 is 9.58. The number of ether oxygens (including phenoxy) is 1. The van der Waals surface area contributed by atoms with Gasteiger partial charge < -0.3 is 23.9 Å². The molecule has 1 atom stereocenters. The quantitative estimate of drug-likeness (QED) is 0.595. The molecule has 0 aliphatic carbocycles. The van der Waals surface area contributed by atoms with Gasteiger partial charge in [-0.3, -0.25) is 5.41 Å². The summed E-state index contributed by atoms with van der Waals surface area (Å²) in [5.41, 5.74) is 2.41. The molecule has 0 amide bonds. The van der Waals surface area contributed by atoms with E-state index < -0.39 is 6.10 Å². The topological polar surface area (TPSA) is 66.4 Å². The molecule has 1 aliphatic heterocycles. The number of para-hydroxylation sites is 2. The van der Waals surface area contributed by atoms with Crippen LogP contribution >= 0.6 is 11.6 Å². The average molecular weight is 415 g/mol. The summed E-state index contributed by atoms with van der Waals surface area (Å²) in [4.78, 5) is 2.45. The SMILES string of the molecule is N=c1n(CCN2CCCC2)c2ccccc2n1CC(O)COc1ccc(Cl)cc1. The molecule has 4 rings (SSSR count). The third-order valence-corrected chi connectivity index (χ3v) is 5.71. The van der Waals surface area contributed by atoms with Gasteiger partial charge in [0, 0.05) is 18.1 Å². The molecule has 2 aromatic carbocycles. The number of hydrogen-bond acceptors (Lipinski definition) is 4. The van der Waals surface area contributed by atoms with Gasteiger partial charge in [0.1, 0.15) is 18.5 Å². The van der Waals surface area contributed by atoms with Crippen molar-refractivity contribution in [2.24, 2.45) is 0 Å². The van der Waals surface area contributed by atoms with Gasteiger partial charge in [0.15, 0.2) is 0 Å². The minimum atomic E-state index is -0.724. The molecule has 0 spiro atoms. The van der Waals surface area contributed by atoms with Crippen LogP contribution in [0.5, 0.6) is 5.75 Å². The minimum absolute atomic E-state index is 0.154. The first-order valence-electron chi connectivity index (χ1n) is 10.1. The lowest BCUT2D eigenvalue weighted by Gasteiger charge is -2.15. The second-order valence-corrected chi connectivity index (χ2v) is 7.98. The lowest BCUT2D eigenvalue weighted by atomic mass is 10.3. The van der Waals surface area contributed by atoms with Gasteiger partial charge in [-0.25, -0.2) is 0 Å². The normalized spacial score (nSPS) is 15.8. The van der Waals surface area contributed by atoms with Gasteiger partial charge in [-0.05, 0) is 62.3 Å². The summed E-state index contributed by atoms with van der Waals surface area (Å²) in [6, 6.07) is 15.1. The Morgan fingerprint density at radius 3 is 2.31 bits per heavy atom. The number of fused-ring (bicyclic) bond motifs is 1. The van der Waals surface area contributed by atoms with Gasteiger partial charge in [-0.1, -0.05) is 23.7 Å². The van der Waals surface area contributed by atoms with Crippen LogP contribution in [0.1, 0.15) is 12.8 Å². The molecular weight excluding hydrogens is 388 g/mol. The summed E-state index contributed by atoms with van der Waals surface area (Å²) in [5.74, 6) is 0.664. The maximum Gasteiger partial charge on any atom is 0.203 e. The predicted octanol–water partition coefficient (Wildman–Crippen LogP) is 3.11. The summed E-state index contributed by atoms with van der Waals surface area (Å²) in [7, 11) is 0. The molecule has 1 aromatic heterocycles. The highest BCUT2D eigenvalue weighted by Gasteiger charge is 2.16. The van der Waals surface area contributed by atoms with Crippen molar-refractivity contribution in [1.82, 2.24) is 14.0 Å². The van der Waals surface area contributed by atoms with Crippen LogP contribution in [0.2, 0.25) is 5.02 Å². The molecule has 2 N–H and O–H groups in total. The molecule has 3 aromatic rings. The second-order valence-electron chi connectivity index (χ2n) is 7.54. The van der Waals surface area contributed by atoms with Gasteiger partial charge in [-0.2, -0.15) is 0 Å². The van der Waals surface area contributed by atoms with Gasteiger partial charge in [0.05, 0.1) is 17.6 Å². The highest BCUT2D eigenvalue weighted by Crippen LogP contribution is 2.17. The average Bonchev–Trinajstić information content (AvgIpc) is 3.33. The van der Waals surface area contributed by atoms with Crippen LogP contribution in [-0.4, -0.2) is 51.5 Å². The van der Waals surface area contributed by atoms with E-state index >= 15 is 0 Å². The zero-order valence-electron chi connectivity index (χ0n) is 16.4. The van der Waals surface area contributed by atoms with E-state index in [2.05, 4.69) is 4.90 Å². The first-order chi connectivity index (χ1) is 14.1. The number of aliphatic hydroxyl groups is 1. The highest BCUT2D eigenvalue weighted by atomic mass is 35.5. The van der Waals surface area contributed by atoms with Crippen molar-refractivity contribution >= 4 is 22.6 Å². The number of likely N-dealkylation sites (tertiary alicyclic amines) is 1. The Hall–Kier alpha value is -2.28. The summed E-state index contributed by atoms with van der Waals surface area (Å²) in [5, 5.41) is 19.9. The van der Waals surface area contributed by atoms with Crippen molar-refractivity contribution in [3.8, 4) is 5.75 Å². The minimum Gasteiger partial charge on any atom is -0.491 e. The lowest BCUT2D eigenvalue weighted by Crippen LogP contribution is -2.33. The number of benzene rings is 2. The highest BCUT2D eigenvalue weighted by molar-refractivity contribution is 6.30. The molecule has 1 fully saturated rings. The summed E-state index contributed by atoms with van der Waals surface area (Å²) >= 11 is 5.89. The molecule has 7 heteroatoms. The van der Waals surface area contributed by atoms with Gasteiger partial charge in [0.2, 0.25) is 5.62 Å². The molecule has 0 bridgehead atoms. The standard InChI is InChI=1S/C22H27ClN4O2/c23-17-7-9-19(10-8-17)29-16-18(28)15-27-21-6-2-1-5-20(21)26(22(27)24)14-13-25-11-3-4-12-25/h1-2,5-10,18,24,28H,3-4,11-16H2. The molecular formula is C22H27ClN4O2. The fourth-order valence-corrected chi connectivity index (χ4v) is 4.07.